The second-order valence-electron chi connectivity index (χ2n) is 6.55. The van der Waals surface area contributed by atoms with Crippen molar-refractivity contribution in [3.63, 3.8) is 0 Å². The highest BCUT2D eigenvalue weighted by atomic mass is 79.9. The van der Waals surface area contributed by atoms with Gasteiger partial charge in [0.15, 0.2) is 0 Å². The summed E-state index contributed by atoms with van der Waals surface area (Å²) in [5.41, 5.74) is 0.387. The second kappa shape index (κ2) is 11.4. The number of carbonyl (C=O) groups excluding carboxylic acids is 2. The predicted octanol–water partition coefficient (Wildman–Crippen LogP) is 5.41. The highest BCUT2D eigenvalue weighted by Crippen LogP contribution is 2.26. The van der Waals surface area contributed by atoms with Crippen molar-refractivity contribution in [2.75, 3.05) is 11.9 Å². The van der Waals surface area contributed by atoms with Crippen LogP contribution in [0.3, 0.4) is 0 Å². The number of nitrogens with one attached hydrogen (secondary N) is 1. The Morgan fingerprint density at radius 2 is 1.93 bits per heavy atom. The summed E-state index contributed by atoms with van der Waals surface area (Å²) in [5.74, 6) is -1.28. The quantitative estimate of drug-likeness (QED) is 0.212. The number of benzene rings is 2. The van der Waals surface area contributed by atoms with Crippen LogP contribution in [0.5, 0.6) is 0 Å². The first-order chi connectivity index (χ1) is 14.3. The van der Waals surface area contributed by atoms with Gasteiger partial charge in [0.2, 0.25) is 5.91 Å². The molecule has 2 aromatic rings. The summed E-state index contributed by atoms with van der Waals surface area (Å²) in [6, 6.07) is 8.61. The van der Waals surface area contributed by atoms with E-state index in [-0.39, 0.29) is 35.8 Å². The summed E-state index contributed by atoms with van der Waals surface area (Å²) in [7, 11) is 0. The van der Waals surface area contributed by atoms with Crippen LogP contribution in [0.15, 0.2) is 40.9 Å². The third-order valence-electron chi connectivity index (χ3n) is 4.34. The molecule has 0 saturated carbocycles. The number of rotatable bonds is 10. The van der Waals surface area contributed by atoms with E-state index >= 15 is 0 Å². The number of esters is 1. The minimum absolute atomic E-state index is 0.0486. The number of aryl methyl sites for hydroxylation is 1. The van der Waals surface area contributed by atoms with E-state index in [0.717, 1.165) is 6.07 Å². The Bertz CT molecular complexity index is 936. The van der Waals surface area contributed by atoms with Crippen molar-refractivity contribution < 1.29 is 23.6 Å². The maximum atomic E-state index is 13.8. The molecular weight excluding hydrogens is 459 g/mol. The zero-order chi connectivity index (χ0) is 22.1. The van der Waals surface area contributed by atoms with Gasteiger partial charge in [-0.1, -0.05) is 28.4 Å². The van der Waals surface area contributed by atoms with Gasteiger partial charge in [0.25, 0.3) is 5.69 Å². The van der Waals surface area contributed by atoms with Crippen LogP contribution in [0, 0.1) is 15.9 Å². The Kier molecular flexibility index (Phi) is 8.91. The van der Waals surface area contributed by atoms with Crippen LogP contribution in [0.1, 0.15) is 48.5 Å². The molecule has 0 fully saturated rings. The molecule has 0 radical (unpaired) electrons. The molecule has 2 aromatic carbocycles. The third-order valence-corrected chi connectivity index (χ3v) is 4.84. The van der Waals surface area contributed by atoms with Crippen LogP contribution in [0.4, 0.5) is 15.8 Å². The number of amides is 1. The van der Waals surface area contributed by atoms with Gasteiger partial charge in [-0.15, -0.1) is 0 Å². The van der Waals surface area contributed by atoms with Gasteiger partial charge >= 0.3 is 5.97 Å². The normalized spacial score (nSPS) is 10.5. The van der Waals surface area contributed by atoms with E-state index in [2.05, 4.69) is 21.2 Å². The minimum Gasteiger partial charge on any atom is -0.462 e. The monoisotopic (exact) mass is 480 g/mol. The van der Waals surface area contributed by atoms with Crippen LogP contribution in [-0.4, -0.2) is 23.4 Å². The highest BCUT2D eigenvalue weighted by Gasteiger charge is 2.19. The van der Waals surface area contributed by atoms with Crippen molar-refractivity contribution in [1.29, 1.82) is 0 Å². The van der Waals surface area contributed by atoms with Crippen molar-refractivity contribution in [1.82, 2.24) is 0 Å². The Hall–Kier alpha value is -2.81. The number of carbonyl (C=O) groups is 2. The molecule has 160 valence electrons. The van der Waals surface area contributed by atoms with Crippen LogP contribution in [0.2, 0.25) is 0 Å². The minimum atomic E-state index is -0.628. The highest BCUT2D eigenvalue weighted by molar-refractivity contribution is 9.10. The molecule has 0 spiro atoms. The average Bonchev–Trinajstić information content (AvgIpc) is 2.69. The zero-order valence-corrected chi connectivity index (χ0v) is 18.0. The van der Waals surface area contributed by atoms with Crippen LogP contribution in [0.25, 0.3) is 0 Å². The van der Waals surface area contributed by atoms with E-state index in [4.69, 9.17) is 4.74 Å². The molecule has 30 heavy (non-hydrogen) atoms. The molecule has 0 aliphatic carbocycles. The van der Waals surface area contributed by atoms with Gasteiger partial charge in [0, 0.05) is 17.0 Å². The van der Waals surface area contributed by atoms with Gasteiger partial charge in [0.1, 0.15) is 11.5 Å². The summed E-state index contributed by atoms with van der Waals surface area (Å²) in [6.07, 6.45) is 2.69. The Morgan fingerprint density at radius 1 is 1.17 bits per heavy atom. The lowest BCUT2D eigenvalue weighted by Crippen LogP contribution is -2.14. The topological polar surface area (TPSA) is 98.5 Å². The van der Waals surface area contributed by atoms with E-state index in [9.17, 15) is 24.1 Å². The molecular formula is C21H22BrFN2O5. The molecule has 0 unspecified atom stereocenters. The summed E-state index contributed by atoms with van der Waals surface area (Å²) in [5, 5.41) is 13.7. The molecule has 0 aliphatic rings. The molecule has 0 saturated heterocycles. The van der Waals surface area contributed by atoms with Crippen LogP contribution >= 0.6 is 15.9 Å². The number of nitrogens with zero attached hydrogens (tertiary/aromatic N) is 1. The Balaban J connectivity index is 1.88. The van der Waals surface area contributed by atoms with E-state index in [1.54, 1.807) is 19.1 Å². The number of ether oxygens (including phenoxy) is 1. The van der Waals surface area contributed by atoms with Crippen molar-refractivity contribution in [3.8, 4) is 0 Å². The molecule has 0 aliphatic heterocycles. The predicted molar refractivity (Wildman–Crippen MR) is 114 cm³/mol. The number of hydrogen-bond donors (Lipinski definition) is 1. The summed E-state index contributed by atoms with van der Waals surface area (Å²) >= 11 is 3.21. The van der Waals surface area contributed by atoms with E-state index in [1.165, 1.54) is 18.2 Å². The Morgan fingerprint density at radius 3 is 2.60 bits per heavy atom. The number of halogens is 2. The summed E-state index contributed by atoms with van der Waals surface area (Å²) in [6.45, 7) is 1.82. The molecule has 0 bridgehead atoms. The summed E-state index contributed by atoms with van der Waals surface area (Å²) in [4.78, 5) is 34.6. The van der Waals surface area contributed by atoms with E-state index < -0.39 is 16.8 Å². The van der Waals surface area contributed by atoms with Crippen molar-refractivity contribution in [2.24, 2.45) is 0 Å². The SMILES string of the molecule is CCOC(=O)c1ccc([N+](=O)[O-])c(NC(=O)CCCCCc2ccc(Br)cc2F)c1. The second-order valence-corrected chi connectivity index (χ2v) is 7.47. The fourth-order valence-corrected chi connectivity index (χ4v) is 3.18. The van der Waals surface area contributed by atoms with Gasteiger partial charge in [-0.05, 0) is 56.0 Å². The van der Waals surface area contributed by atoms with Gasteiger partial charge in [0.05, 0.1) is 17.1 Å². The molecule has 1 N–H and O–H groups in total. The van der Waals surface area contributed by atoms with Gasteiger partial charge in [-0.25, -0.2) is 9.18 Å². The van der Waals surface area contributed by atoms with E-state index in [0.29, 0.717) is 35.7 Å². The third kappa shape index (κ3) is 6.91. The van der Waals surface area contributed by atoms with Crippen LogP contribution < -0.4 is 5.32 Å². The molecule has 0 heterocycles. The average molecular weight is 481 g/mol. The van der Waals surface area contributed by atoms with Gasteiger partial charge < -0.3 is 10.1 Å². The number of nitro benzene ring substituents is 1. The van der Waals surface area contributed by atoms with Gasteiger partial charge in [-0.3, -0.25) is 14.9 Å². The fraction of sp³-hybridized carbons (Fsp3) is 0.333. The number of anilines is 1. The molecule has 1 amide bonds. The zero-order valence-electron chi connectivity index (χ0n) is 16.5. The summed E-state index contributed by atoms with van der Waals surface area (Å²) < 4.78 is 19.4. The Labute approximate surface area is 181 Å². The maximum absolute atomic E-state index is 13.8. The van der Waals surface area contributed by atoms with E-state index in [1.807, 2.05) is 0 Å². The molecule has 7 nitrogen and oxygen atoms in total. The molecule has 2 rings (SSSR count). The first-order valence-corrected chi connectivity index (χ1v) is 10.3. The van der Waals surface area contributed by atoms with Crippen molar-refractivity contribution >= 4 is 39.2 Å². The van der Waals surface area contributed by atoms with Crippen LogP contribution in [-0.2, 0) is 16.0 Å². The molecule has 0 aromatic heterocycles. The first kappa shape index (κ1) is 23.5. The largest absolute Gasteiger partial charge is 0.462 e. The number of hydrogen-bond acceptors (Lipinski definition) is 5. The van der Waals surface area contributed by atoms with Crippen molar-refractivity contribution in [3.05, 3.63) is 67.9 Å². The first-order valence-electron chi connectivity index (χ1n) is 9.51. The number of unbranched alkanes of at least 4 members (excludes halogenated alkanes) is 2. The fourth-order valence-electron chi connectivity index (χ4n) is 2.85. The van der Waals surface area contributed by atoms with Crippen molar-refractivity contribution in [2.45, 2.75) is 39.0 Å². The van der Waals surface area contributed by atoms with Gasteiger partial charge in [-0.2, -0.15) is 0 Å². The number of nitro groups is 1. The molecule has 0 atom stereocenters. The lowest BCUT2D eigenvalue weighted by Gasteiger charge is -2.08. The standard InChI is InChI=1S/C21H22BrFN2O5/c1-2-30-21(27)15-9-11-19(25(28)29)18(12-15)24-20(26)7-5-3-4-6-14-8-10-16(22)13-17(14)23/h8-13H,2-7H2,1H3,(H,24,26). The molecule has 9 heteroatoms. The maximum Gasteiger partial charge on any atom is 0.338 e. The smallest absolute Gasteiger partial charge is 0.338 e. The lowest BCUT2D eigenvalue weighted by molar-refractivity contribution is -0.383. The lowest BCUT2D eigenvalue weighted by atomic mass is 10.1.